The molecule has 1 amide bonds. The van der Waals surface area contributed by atoms with Gasteiger partial charge >= 0.3 is 0 Å². The average Bonchev–Trinajstić information content (AvgIpc) is 3.12. The Morgan fingerprint density at radius 1 is 1.15 bits per heavy atom. The predicted octanol–water partition coefficient (Wildman–Crippen LogP) is 4.75. The van der Waals surface area contributed by atoms with Crippen LogP contribution in [0.2, 0.25) is 5.02 Å². The number of furan rings is 1. The van der Waals surface area contributed by atoms with Crippen LogP contribution in [-0.4, -0.2) is 18.7 Å². The second-order valence-corrected chi connectivity index (χ2v) is 6.43. The van der Waals surface area contributed by atoms with E-state index < -0.39 is 0 Å². The molecule has 1 aromatic heterocycles. The molecule has 0 saturated heterocycles. The van der Waals surface area contributed by atoms with E-state index in [1.165, 1.54) is 6.21 Å². The Bertz CT molecular complexity index is 962. The number of carbonyl (C=O) groups excluding carboxylic acids is 1. The van der Waals surface area contributed by atoms with Crippen molar-refractivity contribution >= 4 is 23.7 Å². The highest BCUT2D eigenvalue weighted by Crippen LogP contribution is 2.23. The molecule has 0 fully saturated rings. The molecule has 5 nitrogen and oxygen atoms in total. The largest absolute Gasteiger partial charge is 0.483 e. The van der Waals surface area contributed by atoms with Crippen LogP contribution in [0.4, 0.5) is 0 Å². The molecule has 2 aromatic carbocycles. The SMILES string of the molecule is Cc1cccc(OCC(=O)NN=Cc2ccc(-c3ccc(Cl)cc3)o2)c1C. The molecule has 3 aromatic rings. The summed E-state index contributed by atoms with van der Waals surface area (Å²) in [6.45, 7) is 3.83. The van der Waals surface area contributed by atoms with Crippen LogP contribution < -0.4 is 10.2 Å². The van der Waals surface area contributed by atoms with Crippen LogP contribution in [0.25, 0.3) is 11.3 Å². The smallest absolute Gasteiger partial charge is 0.277 e. The molecule has 0 unspecified atom stereocenters. The molecule has 0 aliphatic rings. The molecule has 1 heterocycles. The lowest BCUT2D eigenvalue weighted by molar-refractivity contribution is -0.123. The number of carbonyl (C=O) groups is 1. The lowest BCUT2D eigenvalue weighted by atomic mass is 10.1. The summed E-state index contributed by atoms with van der Waals surface area (Å²) in [4.78, 5) is 11.9. The van der Waals surface area contributed by atoms with Gasteiger partial charge in [-0.2, -0.15) is 5.10 Å². The van der Waals surface area contributed by atoms with E-state index in [2.05, 4.69) is 10.5 Å². The van der Waals surface area contributed by atoms with Crippen molar-refractivity contribution in [2.45, 2.75) is 13.8 Å². The third-order valence-electron chi connectivity index (χ3n) is 4.05. The Morgan fingerprint density at radius 2 is 1.93 bits per heavy atom. The van der Waals surface area contributed by atoms with Crippen molar-refractivity contribution in [3.8, 4) is 17.1 Å². The van der Waals surface area contributed by atoms with Gasteiger partial charge in [0.2, 0.25) is 0 Å². The quantitative estimate of drug-likeness (QED) is 0.494. The van der Waals surface area contributed by atoms with E-state index in [0.29, 0.717) is 22.3 Å². The summed E-state index contributed by atoms with van der Waals surface area (Å²) < 4.78 is 11.2. The summed E-state index contributed by atoms with van der Waals surface area (Å²) in [7, 11) is 0. The monoisotopic (exact) mass is 382 g/mol. The molecule has 0 atom stereocenters. The van der Waals surface area contributed by atoms with Gasteiger partial charge in [-0.05, 0) is 67.4 Å². The highest BCUT2D eigenvalue weighted by molar-refractivity contribution is 6.30. The van der Waals surface area contributed by atoms with Crippen molar-refractivity contribution in [3.05, 3.63) is 76.5 Å². The van der Waals surface area contributed by atoms with E-state index in [1.54, 1.807) is 18.2 Å². The number of halogens is 1. The van der Waals surface area contributed by atoms with E-state index in [-0.39, 0.29) is 12.5 Å². The molecule has 1 N–H and O–H groups in total. The summed E-state index contributed by atoms with van der Waals surface area (Å²) in [5.41, 5.74) is 5.45. The molecule has 0 spiro atoms. The maximum atomic E-state index is 11.9. The first-order valence-electron chi connectivity index (χ1n) is 8.39. The highest BCUT2D eigenvalue weighted by Gasteiger charge is 2.06. The third-order valence-corrected chi connectivity index (χ3v) is 4.30. The molecule has 0 radical (unpaired) electrons. The topological polar surface area (TPSA) is 63.8 Å². The normalized spacial score (nSPS) is 10.9. The third kappa shape index (κ3) is 4.99. The zero-order valence-electron chi connectivity index (χ0n) is 15.0. The Morgan fingerprint density at radius 3 is 2.70 bits per heavy atom. The Labute approximate surface area is 162 Å². The minimum Gasteiger partial charge on any atom is -0.483 e. The van der Waals surface area contributed by atoms with Crippen LogP contribution >= 0.6 is 11.6 Å². The standard InChI is InChI=1S/C21H19ClN2O3/c1-14-4-3-5-19(15(14)2)26-13-21(25)24-23-12-18-10-11-20(27-18)16-6-8-17(22)9-7-16/h3-12H,13H2,1-2H3,(H,24,25). The van der Waals surface area contributed by atoms with E-state index >= 15 is 0 Å². The molecule has 6 heteroatoms. The lowest BCUT2D eigenvalue weighted by Gasteiger charge is -2.09. The highest BCUT2D eigenvalue weighted by atomic mass is 35.5. The summed E-state index contributed by atoms with van der Waals surface area (Å²) in [6.07, 6.45) is 1.44. The molecule has 27 heavy (non-hydrogen) atoms. The number of nitrogens with one attached hydrogen (secondary N) is 1. The zero-order chi connectivity index (χ0) is 19.2. The molecule has 0 aliphatic heterocycles. The number of rotatable bonds is 6. The van der Waals surface area contributed by atoms with Crippen LogP contribution in [-0.2, 0) is 4.79 Å². The van der Waals surface area contributed by atoms with Crippen LogP contribution in [0.15, 0.2) is 64.1 Å². The minimum absolute atomic E-state index is 0.115. The van der Waals surface area contributed by atoms with Crippen molar-refractivity contribution < 1.29 is 13.9 Å². The second-order valence-electron chi connectivity index (χ2n) is 5.99. The summed E-state index contributed by atoms with van der Waals surface area (Å²) >= 11 is 5.88. The van der Waals surface area contributed by atoms with Gasteiger partial charge in [0.25, 0.3) is 5.91 Å². The zero-order valence-corrected chi connectivity index (χ0v) is 15.8. The van der Waals surface area contributed by atoms with Gasteiger partial charge in [-0.1, -0.05) is 23.7 Å². The van der Waals surface area contributed by atoms with Crippen LogP contribution in [0.3, 0.4) is 0 Å². The fraction of sp³-hybridized carbons (Fsp3) is 0.143. The summed E-state index contributed by atoms with van der Waals surface area (Å²) in [5, 5.41) is 4.56. The summed E-state index contributed by atoms with van der Waals surface area (Å²) in [5.74, 6) is 1.55. The fourth-order valence-electron chi connectivity index (χ4n) is 2.42. The lowest BCUT2D eigenvalue weighted by Crippen LogP contribution is -2.24. The number of hydrogen-bond donors (Lipinski definition) is 1. The number of aryl methyl sites for hydroxylation is 1. The molecule has 0 aliphatic carbocycles. The Balaban J connectivity index is 1.52. The second kappa shape index (κ2) is 8.56. The van der Waals surface area contributed by atoms with Crippen molar-refractivity contribution in [2.24, 2.45) is 5.10 Å². The molecule has 138 valence electrons. The maximum absolute atomic E-state index is 11.9. The van der Waals surface area contributed by atoms with Crippen molar-refractivity contribution in [1.82, 2.24) is 5.43 Å². The fourth-order valence-corrected chi connectivity index (χ4v) is 2.54. The van der Waals surface area contributed by atoms with Crippen LogP contribution in [0.1, 0.15) is 16.9 Å². The average molecular weight is 383 g/mol. The minimum atomic E-state index is -0.350. The van der Waals surface area contributed by atoms with Gasteiger partial charge < -0.3 is 9.15 Å². The number of hydrazone groups is 1. The van der Waals surface area contributed by atoms with Crippen molar-refractivity contribution in [2.75, 3.05) is 6.61 Å². The number of nitrogens with zero attached hydrogens (tertiary/aromatic N) is 1. The molecule has 3 rings (SSSR count). The van der Waals surface area contributed by atoms with E-state index in [4.69, 9.17) is 20.8 Å². The van der Waals surface area contributed by atoms with E-state index in [0.717, 1.165) is 16.7 Å². The number of hydrogen-bond acceptors (Lipinski definition) is 4. The molecular weight excluding hydrogens is 364 g/mol. The Kier molecular flexibility index (Phi) is 5.94. The first-order chi connectivity index (χ1) is 13.0. The van der Waals surface area contributed by atoms with Gasteiger partial charge in [0.15, 0.2) is 6.61 Å². The first-order valence-corrected chi connectivity index (χ1v) is 8.77. The molecule has 0 saturated carbocycles. The van der Waals surface area contributed by atoms with Gasteiger partial charge in [-0.15, -0.1) is 0 Å². The number of ether oxygens (including phenoxy) is 1. The van der Waals surface area contributed by atoms with E-state index in [9.17, 15) is 4.79 Å². The van der Waals surface area contributed by atoms with Gasteiger partial charge in [-0.25, -0.2) is 5.43 Å². The van der Waals surface area contributed by atoms with Crippen LogP contribution in [0, 0.1) is 13.8 Å². The maximum Gasteiger partial charge on any atom is 0.277 e. The van der Waals surface area contributed by atoms with Crippen molar-refractivity contribution in [1.29, 1.82) is 0 Å². The van der Waals surface area contributed by atoms with Gasteiger partial charge in [0.1, 0.15) is 17.3 Å². The first kappa shape index (κ1) is 18.7. The van der Waals surface area contributed by atoms with Gasteiger partial charge in [0.05, 0.1) is 6.21 Å². The van der Waals surface area contributed by atoms with E-state index in [1.807, 2.05) is 50.2 Å². The number of amides is 1. The van der Waals surface area contributed by atoms with Gasteiger partial charge in [0, 0.05) is 10.6 Å². The Hall–Kier alpha value is -3.05. The van der Waals surface area contributed by atoms with Crippen molar-refractivity contribution in [3.63, 3.8) is 0 Å². The predicted molar refractivity (Wildman–Crippen MR) is 106 cm³/mol. The molecular formula is C21H19ClN2O3. The van der Waals surface area contributed by atoms with Gasteiger partial charge in [-0.3, -0.25) is 4.79 Å². The summed E-state index contributed by atoms with van der Waals surface area (Å²) in [6, 6.07) is 16.6. The number of benzene rings is 2. The molecule has 0 bridgehead atoms. The van der Waals surface area contributed by atoms with Crippen LogP contribution in [0.5, 0.6) is 5.75 Å².